The van der Waals surface area contributed by atoms with Gasteiger partial charge in [-0.2, -0.15) is 0 Å². The van der Waals surface area contributed by atoms with Crippen molar-refractivity contribution in [2.24, 2.45) is 0 Å². The number of halogens is 3. The van der Waals surface area contributed by atoms with E-state index in [9.17, 15) is 4.79 Å². The second-order valence-corrected chi connectivity index (χ2v) is 8.47. The highest BCUT2D eigenvalue weighted by Gasteiger charge is 2.16. The van der Waals surface area contributed by atoms with Gasteiger partial charge in [-0.05, 0) is 42.5 Å². The lowest BCUT2D eigenvalue weighted by Gasteiger charge is -2.18. The highest BCUT2D eigenvalue weighted by Crippen LogP contribution is 2.38. The largest absolute Gasteiger partial charge is 0.493 e. The normalized spacial score (nSPS) is 11.0. The first-order valence-corrected chi connectivity index (χ1v) is 10.9. The molecule has 0 amide bonds. The van der Waals surface area contributed by atoms with Crippen LogP contribution in [0.4, 0.5) is 5.69 Å². The molecular weight excluding hydrogens is 505 g/mol. The third kappa shape index (κ3) is 4.84. The molecule has 4 aromatic rings. The maximum Gasteiger partial charge on any atom is 0.323 e. The van der Waals surface area contributed by atoms with Gasteiger partial charge in [-0.1, -0.05) is 45.2 Å². The maximum atomic E-state index is 11.5. The zero-order chi connectivity index (χ0) is 22.0. The summed E-state index contributed by atoms with van der Waals surface area (Å²) in [7, 11) is 1.60. The minimum atomic E-state index is -0.237. The third-order valence-electron chi connectivity index (χ3n) is 4.76. The maximum absolute atomic E-state index is 11.5. The molecule has 9 heteroatoms. The summed E-state index contributed by atoms with van der Waals surface area (Å²) in [5, 5.41) is 4.47. The van der Waals surface area contributed by atoms with Gasteiger partial charge < -0.3 is 24.8 Å². The molecular formula is C22H18BrCl2N3O3. The van der Waals surface area contributed by atoms with Gasteiger partial charge in [0.05, 0.1) is 18.1 Å². The molecule has 160 valence electrons. The highest BCUT2D eigenvalue weighted by atomic mass is 79.9. The Hall–Kier alpha value is -2.61. The number of ether oxygens (including phenoxy) is 2. The molecule has 0 saturated heterocycles. The summed E-state index contributed by atoms with van der Waals surface area (Å²) in [6.07, 6.45) is 0. The summed E-state index contributed by atoms with van der Waals surface area (Å²) in [4.78, 5) is 17.0. The lowest BCUT2D eigenvalue weighted by atomic mass is 10.1. The van der Waals surface area contributed by atoms with E-state index in [2.05, 4.69) is 31.2 Å². The summed E-state index contributed by atoms with van der Waals surface area (Å²) >= 11 is 15.9. The number of aromatic nitrogens is 2. The second-order valence-electron chi connectivity index (χ2n) is 6.77. The Morgan fingerprint density at radius 3 is 2.61 bits per heavy atom. The number of fused-ring (bicyclic) bond motifs is 1. The molecule has 0 atom stereocenters. The Bertz CT molecular complexity index is 1300. The van der Waals surface area contributed by atoms with Crippen LogP contribution in [0.2, 0.25) is 10.0 Å². The first-order chi connectivity index (χ1) is 14.9. The van der Waals surface area contributed by atoms with Crippen LogP contribution in [0.3, 0.4) is 0 Å². The Kier molecular flexibility index (Phi) is 6.46. The van der Waals surface area contributed by atoms with Crippen LogP contribution in [0.15, 0.2) is 57.8 Å². The molecule has 1 aromatic heterocycles. The van der Waals surface area contributed by atoms with E-state index >= 15 is 0 Å². The number of rotatable bonds is 7. The van der Waals surface area contributed by atoms with Gasteiger partial charge >= 0.3 is 5.69 Å². The molecule has 0 aliphatic carbocycles. The van der Waals surface area contributed by atoms with Gasteiger partial charge in [-0.25, -0.2) is 4.79 Å². The fourth-order valence-corrected chi connectivity index (χ4v) is 4.10. The van der Waals surface area contributed by atoms with Crippen LogP contribution in [0.25, 0.3) is 11.0 Å². The topological polar surface area (TPSA) is 79.1 Å². The lowest BCUT2D eigenvalue weighted by molar-refractivity contribution is 0.281. The molecule has 0 unspecified atom stereocenters. The zero-order valence-corrected chi connectivity index (χ0v) is 19.5. The van der Waals surface area contributed by atoms with Crippen LogP contribution in [0.1, 0.15) is 11.1 Å². The first kappa shape index (κ1) is 21.6. The van der Waals surface area contributed by atoms with Gasteiger partial charge in [0.15, 0.2) is 11.5 Å². The second kappa shape index (κ2) is 9.26. The van der Waals surface area contributed by atoms with E-state index in [1.807, 2.05) is 36.4 Å². The van der Waals surface area contributed by atoms with E-state index in [-0.39, 0.29) is 12.3 Å². The standard InChI is InChI=1S/C22H18BrCl2N3O3/c1-30-20-7-5-16(23)15(21(20)31-11-12-2-3-13(24)8-17(12)25)10-26-14-4-6-18-19(9-14)28-22(29)27-18/h2-9,26H,10-11H2,1H3,(H2,27,28,29). The number of H-pyrrole nitrogens is 2. The molecule has 0 saturated carbocycles. The van der Waals surface area contributed by atoms with Crippen LogP contribution in [-0.2, 0) is 13.2 Å². The monoisotopic (exact) mass is 521 g/mol. The molecule has 0 fully saturated rings. The van der Waals surface area contributed by atoms with Gasteiger partial charge in [-0.3, -0.25) is 0 Å². The fraction of sp³-hybridized carbons (Fsp3) is 0.136. The van der Waals surface area contributed by atoms with Crippen LogP contribution in [-0.4, -0.2) is 17.1 Å². The van der Waals surface area contributed by atoms with Gasteiger partial charge in [0.1, 0.15) is 6.61 Å². The van der Waals surface area contributed by atoms with Gasteiger partial charge in [0.25, 0.3) is 0 Å². The molecule has 0 spiro atoms. The van der Waals surface area contributed by atoms with Crippen molar-refractivity contribution in [3.05, 3.63) is 84.7 Å². The molecule has 3 aromatic carbocycles. The average Bonchev–Trinajstić information content (AvgIpc) is 3.11. The number of hydrogen-bond acceptors (Lipinski definition) is 4. The van der Waals surface area contributed by atoms with E-state index in [0.717, 1.165) is 32.3 Å². The number of anilines is 1. The molecule has 0 aliphatic heterocycles. The van der Waals surface area contributed by atoms with Crippen molar-refractivity contribution < 1.29 is 9.47 Å². The zero-order valence-electron chi connectivity index (χ0n) is 16.4. The molecule has 6 nitrogen and oxygen atoms in total. The predicted octanol–water partition coefficient (Wildman–Crippen LogP) is 6.13. The quantitative estimate of drug-likeness (QED) is 0.273. The van der Waals surface area contributed by atoms with Crippen molar-refractivity contribution in [2.45, 2.75) is 13.2 Å². The summed E-state index contributed by atoms with van der Waals surface area (Å²) < 4.78 is 12.5. The number of benzene rings is 3. The van der Waals surface area contributed by atoms with Crippen molar-refractivity contribution in [2.75, 3.05) is 12.4 Å². The Labute approximate surface area is 196 Å². The van der Waals surface area contributed by atoms with E-state index in [1.165, 1.54) is 0 Å². The Morgan fingerprint density at radius 1 is 1.03 bits per heavy atom. The van der Waals surface area contributed by atoms with Crippen LogP contribution < -0.4 is 20.5 Å². The van der Waals surface area contributed by atoms with Crippen LogP contribution in [0, 0.1) is 0 Å². The molecule has 0 aliphatic rings. The first-order valence-electron chi connectivity index (χ1n) is 9.32. The predicted molar refractivity (Wildman–Crippen MR) is 128 cm³/mol. The molecule has 0 radical (unpaired) electrons. The summed E-state index contributed by atoms with van der Waals surface area (Å²) in [6.45, 7) is 0.716. The van der Waals surface area contributed by atoms with Gasteiger partial charge in [-0.15, -0.1) is 0 Å². The van der Waals surface area contributed by atoms with Crippen molar-refractivity contribution in [3.8, 4) is 11.5 Å². The number of aromatic amines is 2. The third-order valence-corrected chi connectivity index (χ3v) is 6.09. The Morgan fingerprint density at radius 2 is 1.84 bits per heavy atom. The van der Waals surface area contributed by atoms with E-state index < -0.39 is 0 Å². The molecule has 0 bridgehead atoms. The molecule has 3 N–H and O–H groups in total. The summed E-state index contributed by atoms with van der Waals surface area (Å²) in [6, 6.07) is 14.6. The lowest BCUT2D eigenvalue weighted by Crippen LogP contribution is -2.06. The highest BCUT2D eigenvalue weighted by molar-refractivity contribution is 9.10. The fourth-order valence-electron chi connectivity index (χ4n) is 3.19. The minimum absolute atomic E-state index is 0.237. The molecule has 31 heavy (non-hydrogen) atoms. The number of hydrogen-bond donors (Lipinski definition) is 3. The number of nitrogens with one attached hydrogen (secondary N) is 3. The van der Waals surface area contributed by atoms with Crippen LogP contribution in [0.5, 0.6) is 11.5 Å². The minimum Gasteiger partial charge on any atom is -0.493 e. The van der Waals surface area contributed by atoms with Crippen molar-refractivity contribution >= 4 is 55.9 Å². The van der Waals surface area contributed by atoms with E-state index in [1.54, 1.807) is 19.2 Å². The Balaban J connectivity index is 1.59. The number of methoxy groups -OCH3 is 1. The molecule has 1 heterocycles. The molecule has 4 rings (SSSR count). The SMILES string of the molecule is COc1ccc(Br)c(CNc2ccc3[nH]c(=O)[nH]c3c2)c1OCc1ccc(Cl)cc1Cl. The smallest absolute Gasteiger partial charge is 0.323 e. The van der Waals surface area contributed by atoms with Crippen molar-refractivity contribution in [1.29, 1.82) is 0 Å². The van der Waals surface area contributed by atoms with E-state index in [4.69, 9.17) is 32.7 Å². The van der Waals surface area contributed by atoms with Crippen molar-refractivity contribution in [3.63, 3.8) is 0 Å². The van der Waals surface area contributed by atoms with E-state index in [0.29, 0.717) is 28.1 Å². The van der Waals surface area contributed by atoms with Crippen LogP contribution >= 0.6 is 39.1 Å². The van der Waals surface area contributed by atoms with Gasteiger partial charge in [0, 0.05) is 37.9 Å². The number of imidazole rings is 1. The average molecular weight is 523 g/mol. The summed E-state index contributed by atoms with van der Waals surface area (Å²) in [5.41, 5.74) is 3.79. The summed E-state index contributed by atoms with van der Waals surface area (Å²) in [5.74, 6) is 1.21. The van der Waals surface area contributed by atoms with Gasteiger partial charge in [0.2, 0.25) is 0 Å². The van der Waals surface area contributed by atoms with Crippen molar-refractivity contribution in [1.82, 2.24) is 9.97 Å².